The molecule has 1 aliphatic carbocycles. The zero-order chi connectivity index (χ0) is 18.2. The molecule has 0 radical (unpaired) electrons. The van der Waals surface area contributed by atoms with Crippen LogP contribution in [0.5, 0.6) is 0 Å². The first-order valence-corrected chi connectivity index (χ1v) is 9.69. The highest BCUT2D eigenvalue weighted by Crippen LogP contribution is 2.28. The predicted octanol–water partition coefficient (Wildman–Crippen LogP) is 3.29. The number of benzene rings is 1. The molecule has 1 aliphatic rings. The van der Waals surface area contributed by atoms with Gasteiger partial charge in [-0.15, -0.1) is 0 Å². The summed E-state index contributed by atoms with van der Waals surface area (Å²) in [7, 11) is 0. The highest BCUT2D eigenvalue weighted by molar-refractivity contribution is 5.89. The number of hydrogen-bond donors (Lipinski definition) is 3. The quantitative estimate of drug-likeness (QED) is 0.597. The van der Waals surface area contributed by atoms with E-state index in [4.69, 9.17) is 9.84 Å². The molecule has 0 unspecified atom stereocenters. The third kappa shape index (κ3) is 5.29. The van der Waals surface area contributed by atoms with E-state index in [1.807, 2.05) is 24.3 Å². The smallest absolute Gasteiger partial charge is 0.225 e. The number of aromatic nitrogens is 2. The van der Waals surface area contributed by atoms with E-state index < -0.39 is 0 Å². The number of para-hydroxylation sites is 1. The first kappa shape index (κ1) is 18.9. The average Bonchev–Trinajstić information content (AvgIpc) is 2.67. The molecule has 2 aromatic rings. The fourth-order valence-corrected chi connectivity index (χ4v) is 3.47. The molecule has 3 N–H and O–H groups in total. The molecule has 0 spiro atoms. The zero-order valence-electron chi connectivity index (χ0n) is 15.6. The highest BCUT2D eigenvalue weighted by atomic mass is 16.5. The van der Waals surface area contributed by atoms with Crippen LogP contribution in [0.1, 0.15) is 32.6 Å². The molecule has 0 aliphatic heterocycles. The minimum atomic E-state index is 0.0461. The summed E-state index contributed by atoms with van der Waals surface area (Å²) in [5, 5.41) is 16.6. The first-order chi connectivity index (χ1) is 12.8. The fraction of sp³-hybridized carbons (Fsp3) is 0.600. The number of hydrogen-bond acceptors (Lipinski definition) is 6. The Bertz CT molecular complexity index is 687. The molecular weight excluding hydrogens is 328 g/mol. The van der Waals surface area contributed by atoms with Gasteiger partial charge in [0.1, 0.15) is 5.82 Å². The molecule has 1 aromatic carbocycles. The Labute approximate surface area is 155 Å². The third-order valence-corrected chi connectivity index (χ3v) is 5.06. The Hall–Kier alpha value is -1.92. The molecule has 0 saturated heterocycles. The maximum absolute atomic E-state index is 8.77. The predicted molar refractivity (Wildman–Crippen MR) is 106 cm³/mol. The molecule has 1 aromatic heterocycles. The van der Waals surface area contributed by atoms with Gasteiger partial charge in [-0.05, 0) is 36.8 Å². The standard InChI is InChI=1S/C20H30N4O2/c1-15-6-8-16(9-7-15)14-22-20-23-18-5-3-2-4-17(18)19(24-20)21-10-12-26-13-11-25/h2-5,15-16,25H,6-14H2,1H3,(H2,21,22,23,24). The molecule has 6 heteroatoms. The average molecular weight is 358 g/mol. The van der Waals surface area contributed by atoms with Crippen molar-refractivity contribution < 1.29 is 9.84 Å². The van der Waals surface area contributed by atoms with Crippen LogP contribution in [0.15, 0.2) is 24.3 Å². The van der Waals surface area contributed by atoms with Gasteiger partial charge < -0.3 is 20.5 Å². The van der Waals surface area contributed by atoms with E-state index in [1.54, 1.807) is 0 Å². The molecule has 0 atom stereocenters. The summed E-state index contributed by atoms with van der Waals surface area (Å²) in [6, 6.07) is 8.03. The molecule has 142 valence electrons. The van der Waals surface area contributed by atoms with Gasteiger partial charge in [0.05, 0.1) is 25.3 Å². The van der Waals surface area contributed by atoms with Crippen molar-refractivity contribution in [1.82, 2.24) is 9.97 Å². The summed E-state index contributed by atoms with van der Waals surface area (Å²) in [5.74, 6) is 3.08. The van der Waals surface area contributed by atoms with Crippen LogP contribution in [0.2, 0.25) is 0 Å². The van der Waals surface area contributed by atoms with Gasteiger partial charge in [-0.2, -0.15) is 4.98 Å². The second-order valence-electron chi connectivity index (χ2n) is 7.18. The summed E-state index contributed by atoms with van der Waals surface area (Å²) in [5.41, 5.74) is 0.932. The van der Waals surface area contributed by atoms with E-state index in [0.29, 0.717) is 31.6 Å². The fourth-order valence-electron chi connectivity index (χ4n) is 3.47. The summed E-state index contributed by atoms with van der Waals surface area (Å²) < 4.78 is 5.31. The molecule has 1 fully saturated rings. The van der Waals surface area contributed by atoms with Gasteiger partial charge in [0.15, 0.2) is 0 Å². The van der Waals surface area contributed by atoms with Gasteiger partial charge >= 0.3 is 0 Å². The molecule has 0 amide bonds. The summed E-state index contributed by atoms with van der Waals surface area (Å²) in [6.07, 6.45) is 5.22. The van der Waals surface area contributed by atoms with Crippen LogP contribution >= 0.6 is 0 Å². The van der Waals surface area contributed by atoms with E-state index in [2.05, 4.69) is 27.5 Å². The minimum absolute atomic E-state index is 0.0461. The van der Waals surface area contributed by atoms with E-state index in [-0.39, 0.29) is 6.61 Å². The number of rotatable bonds is 9. The van der Waals surface area contributed by atoms with Crippen LogP contribution in [0.4, 0.5) is 11.8 Å². The van der Waals surface area contributed by atoms with Crippen LogP contribution in [0, 0.1) is 11.8 Å². The van der Waals surface area contributed by atoms with Crippen LogP contribution in [-0.4, -0.2) is 48.0 Å². The number of fused-ring (bicyclic) bond motifs is 1. The molecule has 26 heavy (non-hydrogen) atoms. The van der Waals surface area contributed by atoms with E-state index >= 15 is 0 Å². The molecule has 0 bridgehead atoms. The van der Waals surface area contributed by atoms with Crippen LogP contribution in [0.3, 0.4) is 0 Å². The Balaban J connectivity index is 1.64. The van der Waals surface area contributed by atoms with E-state index in [9.17, 15) is 0 Å². The summed E-state index contributed by atoms with van der Waals surface area (Å²) in [6.45, 7) is 4.86. The lowest BCUT2D eigenvalue weighted by molar-refractivity contribution is 0.0992. The second kappa shape index (κ2) is 9.69. The van der Waals surface area contributed by atoms with Gasteiger partial charge in [-0.3, -0.25) is 0 Å². The van der Waals surface area contributed by atoms with Gasteiger partial charge in [0, 0.05) is 18.5 Å². The van der Waals surface area contributed by atoms with Crippen molar-refractivity contribution in [1.29, 1.82) is 0 Å². The lowest BCUT2D eigenvalue weighted by Gasteiger charge is -2.26. The number of aliphatic hydroxyl groups excluding tert-OH is 1. The van der Waals surface area contributed by atoms with Crippen molar-refractivity contribution in [2.45, 2.75) is 32.6 Å². The second-order valence-corrected chi connectivity index (χ2v) is 7.18. The SMILES string of the molecule is CC1CCC(CNc2nc(NCCOCCO)c3ccccc3n2)CC1. The number of ether oxygens (including phenoxy) is 1. The van der Waals surface area contributed by atoms with Gasteiger partial charge in [-0.1, -0.05) is 31.9 Å². The van der Waals surface area contributed by atoms with Crippen LogP contribution in [0.25, 0.3) is 10.9 Å². The largest absolute Gasteiger partial charge is 0.394 e. The van der Waals surface area contributed by atoms with Gasteiger partial charge in [0.25, 0.3) is 0 Å². The maximum Gasteiger partial charge on any atom is 0.225 e. The van der Waals surface area contributed by atoms with Crippen LogP contribution < -0.4 is 10.6 Å². The van der Waals surface area contributed by atoms with Crippen molar-refractivity contribution in [2.75, 3.05) is 43.5 Å². The number of nitrogens with zero attached hydrogens (tertiary/aromatic N) is 2. The van der Waals surface area contributed by atoms with Crippen molar-refractivity contribution in [3.05, 3.63) is 24.3 Å². The summed E-state index contributed by atoms with van der Waals surface area (Å²) in [4.78, 5) is 9.35. The van der Waals surface area contributed by atoms with Crippen LogP contribution in [-0.2, 0) is 4.74 Å². The highest BCUT2D eigenvalue weighted by Gasteiger charge is 2.18. The van der Waals surface area contributed by atoms with Gasteiger partial charge in [0.2, 0.25) is 5.95 Å². The molecule has 1 heterocycles. The lowest BCUT2D eigenvalue weighted by Crippen LogP contribution is -2.21. The minimum Gasteiger partial charge on any atom is -0.394 e. The Kier molecular flexibility index (Phi) is 7.03. The number of anilines is 2. The Morgan fingerprint density at radius 1 is 1.08 bits per heavy atom. The lowest BCUT2D eigenvalue weighted by atomic mass is 9.83. The van der Waals surface area contributed by atoms with Crippen molar-refractivity contribution >= 4 is 22.7 Å². The zero-order valence-corrected chi connectivity index (χ0v) is 15.6. The number of nitrogens with one attached hydrogen (secondary N) is 2. The normalized spacial score (nSPS) is 20.2. The Morgan fingerprint density at radius 2 is 1.88 bits per heavy atom. The van der Waals surface area contributed by atoms with Crippen molar-refractivity contribution in [3.63, 3.8) is 0 Å². The van der Waals surface area contributed by atoms with E-state index in [0.717, 1.165) is 29.2 Å². The molecule has 1 saturated carbocycles. The number of aliphatic hydroxyl groups is 1. The molecule has 6 nitrogen and oxygen atoms in total. The van der Waals surface area contributed by atoms with Crippen molar-refractivity contribution in [2.24, 2.45) is 11.8 Å². The van der Waals surface area contributed by atoms with Crippen molar-refractivity contribution in [3.8, 4) is 0 Å². The maximum atomic E-state index is 8.77. The Morgan fingerprint density at radius 3 is 2.69 bits per heavy atom. The first-order valence-electron chi connectivity index (χ1n) is 9.69. The molecular formula is C20H30N4O2. The summed E-state index contributed by atoms with van der Waals surface area (Å²) >= 11 is 0. The van der Waals surface area contributed by atoms with Gasteiger partial charge in [-0.25, -0.2) is 4.98 Å². The third-order valence-electron chi connectivity index (χ3n) is 5.06. The van der Waals surface area contributed by atoms with E-state index in [1.165, 1.54) is 25.7 Å². The molecule has 3 rings (SSSR count). The monoisotopic (exact) mass is 358 g/mol. The topological polar surface area (TPSA) is 79.3 Å².